The molecule has 1 atom stereocenters. The summed E-state index contributed by atoms with van der Waals surface area (Å²) < 4.78 is 65.5. The Morgan fingerprint density at radius 3 is 2.64 bits per heavy atom. The molecule has 4 heterocycles. The van der Waals surface area contributed by atoms with Crippen LogP contribution in [0.15, 0.2) is 47.6 Å². The van der Waals surface area contributed by atoms with Crippen molar-refractivity contribution in [1.82, 2.24) is 19.7 Å². The van der Waals surface area contributed by atoms with Gasteiger partial charge in [-0.2, -0.15) is 13.2 Å². The topological polar surface area (TPSA) is 126 Å². The third kappa shape index (κ3) is 7.00. The molecule has 0 spiro atoms. The largest absolute Gasteiger partial charge is 0.477 e. The second-order valence-electron chi connectivity index (χ2n) is 12.3. The summed E-state index contributed by atoms with van der Waals surface area (Å²) in [5.41, 5.74) is -1.38. The summed E-state index contributed by atoms with van der Waals surface area (Å²) in [7, 11) is -1.89. The van der Waals surface area contributed by atoms with Gasteiger partial charge in [-0.25, -0.2) is 9.67 Å². The van der Waals surface area contributed by atoms with Gasteiger partial charge in [-0.05, 0) is 88.4 Å². The number of alkyl halides is 3. The number of rotatable bonds is 13. The smallest absolute Gasteiger partial charge is 0.394 e. The monoisotopic (exact) mass is 632 g/mol. The second-order valence-corrected chi connectivity index (χ2v) is 13.2. The van der Waals surface area contributed by atoms with Gasteiger partial charge < -0.3 is 23.9 Å². The Hall–Kier alpha value is -3.68. The lowest BCUT2D eigenvalue weighted by Crippen LogP contribution is -2.39. The number of carbonyl (C=O) groups is 1. The molecular formula is C30H37F3N7O3S-. The van der Waals surface area contributed by atoms with Gasteiger partial charge in [0.25, 0.3) is 0 Å². The number of ketones is 1. The number of pyridine rings is 2. The molecule has 14 heteroatoms. The molecule has 2 fully saturated rings. The van der Waals surface area contributed by atoms with Crippen LogP contribution in [0.25, 0.3) is 5.82 Å². The van der Waals surface area contributed by atoms with Crippen LogP contribution in [0.5, 0.6) is 5.88 Å². The zero-order valence-corrected chi connectivity index (χ0v) is 25.8. The van der Waals surface area contributed by atoms with Crippen molar-refractivity contribution in [3.05, 3.63) is 48.2 Å². The lowest BCUT2D eigenvalue weighted by Gasteiger charge is -2.33. The van der Waals surface area contributed by atoms with Crippen LogP contribution in [0.4, 0.5) is 24.8 Å². The average molecular weight is 633 g/mol. The van der Waals surface area contributed by atoms with Gasteiger partial charge in [0, 0.05) is 30.9 Å². The number of hydrogen-bond donors (Lipinski definition) is 2. The first-order valence-electron chi connectivity index (χ1n) is 14.7. The van der Waals surface area contributed by atoms with Crippen LogP contribution in [0.3, 0.4) is 0 Å². The summed E-state index contributed by atoms with van der Waals surface area (Å²) in [4.78, 5) is 23.9. The summed E-state index contributed by atoms with van der Waals surface area (Å²) in [5.74, 6) is 2.10. The second kappa shape index (κ2) is 12.4. The molecule has 1 aliphatic carbocycles. The van der Waals surface area contributed by atoms with Crippen LogP contribution >= 0.6 is 0 Å². The third-order valence-corrected chi connectivity index (χ3v) is 9.16. The molecule has 3 aromatic heterocycles. The van der Waals surface area contributed by atoms with Crippen LogP contribution in [0, 0.1) is 16.1 Å². The molecule has 238 valence electrons. The van der Waals surface area contributed by atoms with Crippen molar-refractivity contribution in [2.45, 2.75) is 76.0 Å². The summed E-state index contributed by atoms with van der Waals surface area (Å²) in [6, 6.07) is 10.1. The van der Waals surface area contributed by atoms with E-state index in [1.165, 1.54) is 11.6 Å². The van der Waals surface area contributed by atoms with Crippen molar-refractivity contribution in [1.29, 1.82) is 4.78 Å². The van der Waals surface area contributed by atoms with E-state index in [9.17, 15) is 22.2 Å². The zero-order valence-electron chi connectivity index (χ0n) is 25.0. The molecule has 44 heavy (non-hydrogen) atoms. The van der Waals surface area contributed by atoms with Gasteiger partial charge in [-0.3, -0.25) is 9.78 Å². The average Bonchev–Trinajstić information content (AvgIpc) is 3.51. The quantitative estimate of drug-likeness (QED) is 0.123. The summed E-state index contributed by atoms with van der Waals surface area (Å²) in [5, 5.41) is 7.83. The predicted octanol–water partition coefficient (Wildman–Crippen LogP) is 6.56. The maximum Gasteiger partial charge on any atom is 0.394 e. The molecule has 3 aromatic rings. The minimum Gasteiger partial charge on any atom is -0.477 e. The molecule has 1 saturated heterocycles. The number of carbonyl (C=O) groups excluding carboxylic acids is 1. The van der Waals surface area contributed by atoms with Gasteiger partial charge in [-0.1, -0.05) is 12.1 Å². The van der Waals surface area contributed by atoms with Gasteiger partial charge in [0.1, 0.15) is 11.6 Å². The van der Waals surface area contributed by atoms with Crippen molar-refractivity contribution in [2.24, 2.45) is 11.3 Å². The van der Waals surface area contributed by atoms with Gasteiger partial charge in [0.15, 0.2) is 11.6 Å². The van der Waals surface area contributed by atoms with Gasteiger partial charge in [0.05, 0.1) is 17.6 Å². The number of halogens is 3. The fraction of sp³-hybridized carbons (Fsp3) is 0.533. The summed E-state index contributed by atoms with van der Waals surface area (Å²) in [6.45, 7) is 7.08. The molecule has 0 aromatic carbocycles. The van der Waals surface area contributed by atoms with Crippen LogP contribution in [0.2, 0.25) is 0 Å². The molecule has 2 N–H and O–H groups in total. The predicted molar refractivity (Wildman–Crippen MR) is 160 cm³/mol. The van der Waals surface area contributed by atoms with Crippen LogP contribution < -0.4 is 15.0 Å². The molecule has 1 aliphatic heterocycles. The number of nitrogens with zero attached hydrogens (tertiary/aromatic N) is 5. The lowest BCUT2D eigenvalue weighted by atomic mass is 9.93. The highest BCUT2D eigenvalue weighted by Crippen LogP contribution is 2.59. The lowest BCUT2D eigenvalue weighted by molar-refractivity contribution is -0.190. The molecule has 5 rings (SSSR count). The van der Waals surface area contributed by atoms with Crippen LogP contribution in [-0.4, -0.2) is 56.9 Å². The Balaban J connectivity index is 1.23. The van der Waals surface area contributed by atoms with E-state index in [2.05, 4.69) is 34.1 Å². The molecule has 0 amide bonds. The molecule has 0 bridgehead atoms. The minimum absolute atomic E-state index is 0.0770. The van der Waals surface area contributed by atoms with Crippen molar-refractivity contribution in [3.8, 4) is 11.7 Å². The standard InChI is InChI=1S/C30H37F3N7O3S/c1-20(41)22-9-10-24(40-16-11-25(38-40)43-17-14-29(12-13-29)30(31,32)33)37-27(22)39-19-21(18-28(39,2)3)6-5-15-35-23-7-4-8-26(36-23)44(34)42/h4,7-11,16,21,34H,5-6,12-15,17-19H2,1-3H3,(H,35,36)/q-1. The molecule has 1 unspecified atom stereocenters. The van der Waals surface area contributed by atoms with Gasteiger partial charge >= 0.3 is 6.18 Å². The number of hydrogen-bond acceptors (Lipinski definition) is 10. The van der Waals surface area contributed by atoms with E-state index in [0.717, 1.165) is 19.3 Å². The fourth-order valence-electron chi connectivity index (χ4n) is 5.91. The van der Waals surface area contributed by atoms with Gasteiger partial charge in [0.2, 0.25) is 5.88 Å². The van der Waals surface area contributed by atoms with E-state index in [0.29, 0.717) is 42.0 Å². The van der Waals surface area contributed by atoms with E-state index >= 15 is 0 Å². The fourth-order valence-corrected chi connectivity index (χ4v) is 6.30. The van der Waals surface area contributed by atoms with E-state index < -0.39 is 22.2 Å². The Labute approximate surface area is 256 Å². The first-order valence-corrected chi connectivity index (χ1v) is 15.8. The Kier molecular flexibility index (Phi) is 8.92. The third-order valence-electron chi connectivity index (χ3n) is 8.55. The van der Waals surface area contributed by atoms with Crippen LogP contribution in [0.1, 0.15) is 69.7 Å². The van der Waals surface area contributed by atoms with Crippen molar-refractivity contribution >= 4 is 28.0 Å². The van der Waals surface area contributed by atoms with Crippen molar-refractivity contribution in [2.75, 3.05) is 29.9 Å². The Bertz CT molecular complexity index is 1580. The van der Waals surface area contributed by atoms with Crippen LogP contribution in [-0.2, 0) is 14.8 Å². The number of ether oxygens (including phenoxy) is 1. The summed E-state index contributed by atoms with van der Waals surface area (Å²) in [6.07, 6.45) is 0.306. The molecule has 10 nitrogen and oxygen atoms in total. The normalized spacial score (nSPS) is 18.9. The SMILES string of the molecule is CC(=O)c1ccc(-n2ccc(OCCC3(C(F)(F)F)CC3)n2)nc1N1CC(CCCNc2cccc([S-](=N)=O)n2)CC1(C)C. The Morgan fingerprint density at radius 1 is 1.18 bits per heavy atom. The molecular weight excluding hydrogens is 595 g/mol. The van der Waals surface area contributed by atoms with E-state index in [1.54, 1.807) is 42.6 Å². The molecule has 2 aliphatic rings. The maximum atomic E-state index is 13.2. The van der Waals surface area contributed by atoms with E-state index in [1.807, 2.05) is 0 Å². The van der Waals surface area contributed by atoms with Crippen molar-refractivity contribution in [3.63, 3.8) is 0 Å². The van der Waals surface area contributed by atoms with E-state index in [4.69, 9.17) is 14.5 Å². The van der Waals surface area contributed by atoms with Gasteiger partial charge in [-0.15, -0.1) is 15.7 Å². The number of nitrogens with one attached hydrogen (secondary N) is 2. The maximum absolute atomic E-state index is 13.2. The first-order chi connectivity index (χ1) is 20.8. The highest BCUT2D eigenvalue weighted by Gasteiger charge is 2.62. The number of anilines is 2. The Morgan fingerprint density at radius 2 is 1.95 bits per heavy atom. The molecule has 0 radical (unpaired) electrons. The first kappa shape index (κ1) is 31.7. The molecule has 1 saturated carbocycles. The zero-order chi connectivity index (χ0) is 31.7. The van der Waals surface area contributed by atoms with E-state index in [-0.39, 0.29) is 48.1 Å². The highest BCUT2D eigenvalue weighted by atomic mass is 32.2. The number of Topliss-reactive ketones (excluding diaryl/α,β-unsaturated/α-hetero) is 1. The highest BCUT2D eigenvalue weighted by molar-refractivity contribution is 7.73. The number of aromatic nitrogens is 4. The summed E-state index contributed by atoms with van der Waals surface area (Å²) >= 11 is 0. The van der Waals surface area contributed by atoms with Crippen molar-refractivity contribution < 1.29 is 26.9 Å². The minimum atomic E-state index is -4.22.